The molecule has 4 heteroatoms. The summed E-state index contributed by atoms with van der Waals surface area (Å²) in [5, 5.41) is 9.88. The van der Waals surface area contributed by atoms with Crippen LogP contribution in [0.2, 0.25) is 0 Å². The maximum Gasteiger partial charge on any atom is 0.125 e. The number of hydrogen-bond donors (Lipinski definition) is 1. The number of benzene rings is 2. The van der Waals surface area contributed by atoms with Gasteiger partial charge in [-0.1, -0.05) is 46.3 Å². The Bertz CT molecular complexity index is 615. The summed E-state index contributed by atoms with van der Waals surface area (Å²) in [4.78, 5) is 0. The SMILES string of the molecule is OC1CCOC(c2cc(Br)ccc2OCc2ccccc2)C1. The van der Waals surface area contributed by atoms with E-state index in [4.69, 9.17) is 9.47 Å². The average molecular weight is 363 g/mol. The van der Waals surface area contributed by atoms with E-state index in [2.05, 4.69) is 15.9 Å². The molecule has 3 rings (SSSR count). The molecule has 1 N–H and O–H groups in total. The van der Waals surface area contributed by atoms with Gasteiger partial charge in [0.05, 0.1) is 12.2 Å². The van der Waals surface area contributed by atoms with Gasteiger partial charge in [0.1, 0.15) is 12.4 Å². The third-order valence-corrected chi connectivity index (χ3v) is 4.31. The second kappa shape index (κ2) is 7.27. The summed E-state index contributed by atoms with van der Waals surface area (Å²) in [7, 11) is 0. The van der Waals surface area contributed by atoms with Crippen LogP contribution in [-0.4, -0.2) is 17.8 Å². The van der Waals surface area contributed by atoms with Crippen LogP contribution in [0.1, 0.15) is 30.1 Å². The largest absolute Gasteiger partial charge is 0.489 e. The number of aliphatic hydroxyl groups is 1. The Kier molecular flexibility index (Phi) is 5.13. The Hall–Kier alpha value is -1.36. The topological polar surface area (TPSA) is 38.7 Å². The fourth-order valence-electron chi connectivity index (χ4n) is 2.63. The summed E-state index contributed by atoms with van der Waals surface area (Å²) < 4.78 is 12.8. The van der Waals surface area contributed by atoms with E-state index in [0.29, 0.717) is 26.1 Å². The molecule has 0 saturated carbocycles. The van der Waals surface area contributed by atoms with Gasteiger partial charge in [0, 0.05) is 23.1 Å². The quantitative estimate of drug-likeness (QED) is 0.883. The van der Waals surface area contributed by atoms with Crippen molar-refractivity contribution in [2.45, 2.75) is 31.7 Å². The van der Waals surface area contributed by atoms with E-state index in [-0.39, 0.29) is 12.2 Å². The third-order valence-electron chi connectivity index (χ3n) is 3.81. The highest BCUT2D eigenvalue weighted by atomic mass is 79.9. The first-order valence-electron chi connectivity index (χ1n) is 7.48. The van der Waals surface area contributed by atoms with E-state index in [1.807, 2.05) is 48.5 Å². The van der Waals surface area contributed by atoms with Crippen molar-refractivity contribution in [2.75, 3.05) is 6.61 Å². The molecule has 2 aromatic rings. The summed E-state index contributed by atoms with van der Waals surface area (Å²) in [6.07, 6.45) is 0.884. The molecule has 1 aliphatic heterocycles. The van der Waals surface area contributed by atoms with Crippen LogP contribution in [-0.2, 0) is 11.3 Å². The summed E-state index contributed by atoms with van der Waals surface area (Å²) >= 11 is 3.50. The lowest BCUT2D eigenvalue weighted by molar-refractivity contribution is -0.0458. The smallest absolute Gasteiger partial charge is 0.125 e. The highest BCUT2D eigenvalue weighted by Gasteiger charge is 2.25. The standard InChI is InChI=1S/C18H19BrO3/c19-14-6-7-17(22-12-13-4-2-1-3-5-13)16(10-14)18-11-15(20)8-9-21-18/h1-7,10,15,18,20H,8-9,11-12H2. The molecule has 2 unspecified atom stereocenters. The Labute approximate surface area is 139 Å². The summed E-state index contributed by atoms with van der Waals surface area (Å²) in [5.74, 6) is 0.811. The first kappa shape index (κ1) is 15.5. The van der Waals surface area contributed by atoms with Crippen LogP contribution in [0.15, 0.2) is 53.0 Å². The number of halogens is 1. The lowest BCUT2D eigenvalue weighted by atomic mass is 9.98. The Morgan fingerprint density at radius 2 is 2.00 bits per heavy atom. The predicted molar refractivity (Wildman–Crippen MR) is 88.8 cm³/mol. The molecule has 1 aliphatic rings. The van der Waals surface area contributed by atoms with Gasteiger partial charge in [-0.2, -0.15) is 0 Å². The van der Waals surface area contributed by atoms with Crippen molar-refractivity contribution in [3.8, 4) is 5.75 Å². The van der Waals surface area contributed by atoms with Crippen LogP contribution in [0.5, 0.6) is 5.75 Å². The van der Waals surface area contributed by atoms with Gasteiger partial charge in [-0.25, -0.2) is 0 Å². The molecular weight excluding hydrogens is 344 g/mol. The molecule has 0 radical (unpaired) electrons. The monoisotopic (exact) mass is 362 g/mol. The number of ether oxygens (including phenoxy) is 2. The van der Waals surface area contributed by atoms with Gasteiger partial charge in [0.15, 0.2) is 0 Å². The predicted octanol–water partition coefficient (Wildman–Crippen LogP) is 4.24. The summed E-state index contributed by atoms with van der Waals surface area (Å²) in [5.41, 5.74) is 2.12. The normalized spacial score (nSPS) is 21.5. The van der Waals surface area contributed by atoms with Crippen LogP contribution in [0.3, 0.4) is 0 Å². The number of aliphatic hydroxyl groups excluding tert-OH is 1. The minimum absolute atomic E-state index is 0.118. The zero-order chi connectivity index (χ0) is 15.4. The van der Waals surface area contributed by atoms with Gasteiger partial charge in [0.25, 0.3) is 0 Å². The lowest BCUT2D eigenvalue weighted by Crippen LogP contribution is -2.23. The fraction of sp³-hybridized carbons (Fsp3) is 0.333. The van der Waals surface area contributed by atoms with Crippen molar-refractivity contribution in [3.05, 3.63) is 64.1 Å². The van der Waals surface area contributed by atoms with Crippen LogP contribution in [0, 0.1) is 0 Å². The fourth-order valence-corrected chi connectivity index (χ4v) is 3.01. The molecule has 0 aromatic heterocycles. The van der Waals surface area contributed by atoms with Crippen molar-refractivity contribution in [3.63, 3.8) is 0 Å². The Balaban J connectivity index is 1.78. The summed E-state index contributed by atoms with van der Waals surface area (Å²) in [6, 6.07) is 16.0. The van der Waals surface area contributed by atoms with Crippen LogP contribution >= 0.6 is 15.9 Å². The molecule has 0 aliphatic carbocycles. The molecule has 22 heavy (non-hydrogen) atoms. The molecule has 1 fully saturated rings. The molecule has 116 valence electrons. The molecule has 1 heterocycles. The maximum absolute atomic E-state index is 9.88. The van der Waals surface area contributed by atoms with E-state index in [0.717, 1.165) is 21.3 Å². The van der Waals surface area contributed by atoms with Crippen molar-refractivity contribution in [1.29, 1.82) is 0 Å². The second-order valence-electron chi connectivity index (χ2n) is 5.49. The van der Waals surface area contributed by atoms with E-state index in [1.54, 1.807) is 0 Å². The van der Waals surface area contributed by atoms with Gasteiger partial charge in [-0.15, -0.1) is 0 Å². The number of hydrogen-bond acceptors (Lipinski definition) is 3. The third kappa shape index (κ3) is 3.88. The van der Waals surface area contributed by atoms with E-state index >= 15 is 0 Å². The first-order chi connectivity index (χ1) is 10.7. The van der Waals surface area contributed by atoms with Gasteiger partial charge in [0.2, 0.25) is 0 Å². The van der Waals surface area contributed by atoms with E-state index in [1.165, 1.54) is 0 Å². The van der Waals surface area contributed by atoms with E-state index in [9.17, 15) is 5.11 Å². The second-order valence-corrected chi connectivity index (χ2v) is 6.41. The minimum atomic E-state index is -0.306. The molecule has 2 atom stereocenters. The summed E-state index contributed by atoms with van der Waals surface area (Å²) in [6.45, 7) is 1.10. The zero-order valence-corrected chi connectivity index (χ0v) is 13.8. The molecule has 0 amide bonds. The minimum Gasteiger partial charge on any atom is -0.489 e. The van der Waals surface area contributed by atoms with Crippen LogP contribution < -0.4 is 4.74 Å². The van der Waals surface area contributed by atoms with Crippen LogP contribution in [0.4, 0.5) is 0 Å². The zero-order valence-electron chi connectivity index (χ0n) is 12.2. The molecular formula is C18H19BrO3. The van der Waals surface area contributed by atoms with Crippen molar-refractivity contribution in [1.82, 2.24) is 0 Å². The van der Waals surface area contributed by atoms with Gasteiger partial charge in [-0.3, -0.25) is 0 Å². The van der Waals surface area contributed by atoms with Crippen LogP contribution in [0.25, 0.3) is 0 Å². The average Bonchev–Trinajstić information content (AvgIpc) is 2.54. The molecule has 0 bridgehead atoms. The molecule has 2 aromatic carbocycles. The highest BCUT2D eigenvalue weighted by Crippen LogP contribution is 2.36. The van der Waals surface area contributed by atoms with Gasteiger partial charge in [-0.05, 0) is 30.2 Å². The van der Waals surface area contributed by atoms with E-state index < -0.39 is 0 Å². The molecule has 3 nitrogen and oxygen atoms in total. The number of rotatable bonds is 4. The van der Waals surface area contributed by atoms with Crippen molar-refractivity contribution >= 4 is 15.9 Å². The first-order valence-corrected chi connectivity index (χ1v) is 8.27. The maximum atomic E-state index is 9.88. The highest BCUT2D eigenvalue weighted by molar-refractivity contribution is 9.10. The molecule has 1 saturated heterocycles. The van der Waals surface area contributed by atoms with Gasteiger partial charge < -0.3 is 14.6 Å². The Morgan fingerprint density at radius 3 is 2.77 bits per heavy atom. The van der Waals surface area contributed by atoms with Gasteiger partial charge >= 0.3 is 0 Å². The van der Waals surface area contributed by atoms with Crippen molar-refractivity contribution < 1.29 is 14.6 Å². The lowest BCUT2D eigenvalue weighted by Gasteiger charge is -2.28. The molecule has 0 spiro atoms. The van der Waals surface area contributed by atoms with Crippen molar-refractivity contribution in [2.24, 2.45) is 0 Å². The Morgan fingerprint density at radius 1 is 1.18 bits per heavy atom.